The van der Waals surface area contributed by atoms with Gasteiger partial charge in [-0.3, -0.25) is 4.90 Å². The zero-order valence-corrected chi connectivity index (χ0v) is 12.8. The van der Waals surface area contributed by atoms with E-state index < -0.39 is 0 Å². The number of hydrogen-bond acceptors (Lipinski definition) is 2. The van der Waals surface area contributed by atoms with E-state index in [1.807, 2.05) is 0 Å². The standard InChI is InChI=1S/C18H28N2/c1-2-18(10-6-11-19-14-18)15-20-12-5-9-16-7-3-4-8-17(16)13-20/h3-4,7-8,19H,2,5-6,9-15H2,1H3. The molecule has 0 bridgehead atoms. The molecule has 2 nitrogen and oxygen atoms in total. The second kappa shape index (κ2) is 6.28. The Hall–Kier alpha value is -0.860. The van der Waals surface area contributed by atoms with Crippen molar-refractivity contribution < 1.29 is 0 Å². The molecule has 0 amide bonds. The first kappa shape index (κ1) is 14.1. The highest BCUT2D eigenvalue weighted by Gasteiger charge is 2.32. The summed E-state index contributed by atoms with van der Waals surface area (Å²) in [6.45, 7) is 8.48. The molecule has 20 heavy (non-hydrogen) atoms. The highest BCUT2D eigenvalue weighted by atomic mass is 15.1. The zero-order chi connectivity index (χ0) is 13.8. The second-order valence-corrected chi connectivity index (χ2v) is 6.72. The monoisotopic (exact) mass is 272 g/mol. The summed E-state index contributed by atoms with van der Waals surface area (Å²) in [7, 11) is 0. The van der Waals surface area contributed by atoms with Crippen molar-refractivity contribution in [2.45, 2.75) is 45.6 Å². The summed E-state index contributed by atoms with van der Waals surface area (Å²) >= 11 is 0. The van der Waals surface area contributed by atoms with Gasteiger partial charge in [-0.25, -0.2) is 0 Å². The van der Waals surface area contributed by atoms with Crippen LogP contribution >= 0.6 is 0 Å². The Kier molecular flexibility index (Phi) is 4.42. The van der Waals surface area contributed by atoms with Crippen molar-refractivity contribution in [3.05, 3.63) is 35.4 Å². The van der Waals surface area contributed by atoms with Crippen LogP contribution in [0.5, 0.6) is 0 Å². The SMILES string of the molecule is CCC1(CN2CCCc3ccccc3C2)CCCNC1. The largest absolute Gasteiger partial charge is 0.316 e. The van der Waals surface area contributed by atoms with Crippen molar-refractivity contribution in [1.82, 2.24) is 10.2 Å². The smallest absolute Gasteiger partial charge is 0.0236 e. The zero-order valence-electron chi connectivity index (χ0n) is 12.8. The molecule has 0 radical (unpaired) electrons. The number of piperidine rings is 1. The van der Waals surface area contributed by atoms with Crippen LogP contribution in [-0.2, 0) is 13.0 Å². The molecule has 2 aliphatic heterocycles. The minimum atomic E-state index is 0.511. The van der Waals surface area contributed by atoms with Gasteiger partial charge in [0.25, 0.3) is 0 Å². The van der Waals surface area contributed by atoms with Crippen molar-refractivity contribution in [3.63, 3.8) is 0 Å². The van der Waals surface area contributed by atoms with Gasteiger partial charge in [0, 0.05) is 19.6 Å². The molecule has 110 valence electrons. The van der Waals surface area contributed by atoms with Crippen molar-refractivity contribution in [1.29, 1.82) is 0 Å². The lowest BCUT2D eigenvalue weighted by atomic mass is 9.78. The average molecular weight is 272 g/mol. The normalized spacial score (nSPS) is 27.9. The lowest BCUT2D eigenvalue weighted by Gasteiger charge is -2.41. The van der Waals surface area contributed by atoms with Crippen molar-refractivity contribution in [2.24, 2.45) is 5.41 Å². The van der Waals surface area contributed by atoms with E-state index in [1.165, 1.54) is 58.3 Å². The van der Waals surface area contributed by atoms with Gasteiger partial charge in [0.05, 0.1) is 0 Å². The summed E-state index contributed by atoms with van der Waals surface area (Å²) in [5, 5.41) is 3.62. The summed E-state index contributed by atoms with van der Waals surface area (Å²) in [6, 6.07) is 9.02. The van der Waals surface area contributed by atoms with Crippen molar-refractivity contribution in [2.75, 3.05) is 26.2 Å². The Balaban J connectivity index is 1.71. The Labute approximate surface area is 123 Å². The molecule has 1 fully saturated rings. The van der Waals surface area contributed by atoms with Crippen LogP contribution in [0.15, 0.2) is 24.3 Å². The summed E-state index contributed by atoms with van der Waals surface area (Å²) < 4.78 is 0. The Morgan fingerprint density at radius 1 is 1.20 bits per heavy atom. The molecule has 1 aromatic carbocycles. The van der Waals surface area contributed by atoms with Crippen LogP contribution in [0.4, 0.5) is 0 Å². The van der Waals surface area contributed by atoms with E-state index in [0.717, 1.165) is 6.54 Å². The van der Waals surface area contributed by atoms with E-state index in [1.54, 1.807) is 11.1 Å². The molecule has 0 aliphatic carbocycles. The molecule has 1 unspecified atom stereocenters. The lowest BCUT2D eigenvalue weighted by Crippen LogP contribution is -2.47. The molecule has 1 N–H and O–H groups in total. The molecular formula is C18H28N2. The number of nitrogens with one attached hydrogen (secondary N) is 1. The van der Waals surface area contributed by atoms with Gasteiger partial charge < -0.3 is 5.32 Å². The quantitative estimate of drug-likeness (QED) is 0.909. The summed E-state index contributed by atoms with van der Waals surface area (Å²) in [4.78, 5) is 2.71. The molecule has 0 saturated carbocycles. The summed E-state index contributed by atoms with van der Waals surface area (Å²) in [6.07, 6.45) is 6.61. The molecule has 0 spiro atoms. The third-order valence-electron chi connectivity index (χ3n) is 5.30. The molecule has 2 heteroatoms. The first-order valence-corrected chi connectivity index (χ1v) is 8.31. The fraction of sp³-hybridized carbons (Fsp3) is 0.667. The minimum Gasteiger partial charge on any atom is -0.316 e. The highest BCUT2D eigenvalue weighted by Crippen LogP contribution is 2.32. The van der Waals surface area contributed by atoms with Crippen LogP contribution < -0.4 is 5.32 Å². The van der Waals surface area contributed by atoms with E-state index in [4.69, 9.17) is 0 Å². The summed E-state index contributed by atoms with van der Waals surface area (Å²) in [5.41, 5.74) is 3.64. The number of fused-ring (bicyclic) bond motifs is 1. The van der Waals surface area contributed by atoms with Crippen LogP contribution in [0, 0.1) is 5.41 Å². The van der Waals surface area contributed by atoms with Crippen molar-refractivity contribution >= 4 is 0 Å². The molecule has 2 heterocycles. The first-order chi connectivity index (χ1) is 9.81. The van der Waals surface area contributed by atoms with Gasteiger partial charge >= 0.3 is 0 Å². The Morgan fingerprint density at radius 2 is 2.05 bits per heavy atom. The number of hydrogen-bond donors (Lipinski definition) is 1. The van der Waals surface area contributed by atoms with E-state index >= 15 is 0 Å². The van der Waals surface area contributed by atoms with Crippen LogP contribution in [0.25, 0.3) is 0 Å². The van der Waals surface area contributed by atoms with Gasteiger partial charge in [-0.05, 0) is 61.7 Å². The van der Waals surface area contributed by atoms with Crippen LogP contribution in [0.3, 0.4) is 0 Å². The Bertz CT molecular complexity index is 435. The van der Waals surface area contributed by atoms with Crippen LogP contribution in [0.2, 0.25) is 0 Å². The van der Waals surface area contributed by atoms with Gasteiger partial charge in [-0.1, -0.05) is 31.2 Å². The average Bonchev–Trinajstić information content (AvgIpc) is 2.69. The third kappa shape index (κ3) is 3.07. The number of rotatable bonds is 3. The van der Waals surface area contributed by atoms with Gasteiger partial charge in [0.1, 0.15) is 0 Å². The maximum Gasteiger partial charge on any atom is 0.0236 e. The molecule has 0 aromatic heterocycles. The molecule has 1 aromatic rings. The van der Waals surface area contributed by atoms with E-state index in [2.05, 4.69) is 41.4 Å². The number of nitrogens with zero attached hydrogens (tertiary/aromatic N) is 1. The fourth-order valence-electron chi connectivity index (χ4n) is 3.96. The number of benzene rings is 1. The maximum atomic E-state index is 3.62. The lowest BCUT2D eigenvalue weighted by molar-refractivity contribution is 0.108. The molecule has 2 aliphatic rings. The highest BCUT2D eigenvalue weighted by molar-refractivity contribution is 5.28. The molecule has 1 atom stereocenters. The second-order valence-electron chi connectivity index (χ2n) is 6.72. The van der Waals surface area contributed by atoms with E-state index in [0.29, 0.717) is 5.41 Å². The van der Waals surface area contributed by atoms with Crippen LogP contribution in [-0.4, -0.2) is 31.1 Å². The Morgan fingerprint density at radius 3 is 2.80 bits per heavy atom. The topological polar surface area (TPSA) is 15.3 Å². The number of aryl methyl sites for hydroxylation is 1. The van der Waals surface area contributed by atoms with Gasteiger partial charge in [0.15, 0.2) is 0 Å². The van der Waals surface area contributed by atoms with Gasteiger partial charge in [-0.15, -0.1) is 0 Å². The maximum absolute atomic E-state index is 3.62. The molecule has 3 rings (SSSR count). The molecule has 1 saturated heterocycles. The molecular weight excluding hydrogens is 244 g/mol. The first-order valence-electron chi connectivity index (χ1n) is 8.31. The van der Waals surface area contributed by atoms with Gasteiger partial charge in [0.2, 0.25) is 0 Å². The predicted molar refractivity (Wildman–Crippen MR) is 84.9 cm³/mol. The van der Waals surface area contributed by atoms with Gasteiger partial charge in [-0.2, -0.15) is 0 Å². The summed E-state index contributed by atoms with van der Waals surface area (Å²) in [5.74, 6) is 0. The third-order valence-corrected chi connectivity index (χ3v) is 5.30. The van der Waals surface area contributed by atoms with Crippen LogP contribution in [0.1, 0.15) is 43.7 Å². The predicted octanol–water partition coefficient (Wildman–Crippen LogP) is 3.21. The minimum absolute atomic E-state index is 0.511. The van der Waals surface area contributed by atoms with E-state index in [-0.39, 0.29) is 0 Å². The van der Waals surface area contributed by atoms with E-state index in [9.17, 15) is 0 Å². The fourth-order valence-corrected chi connectivity index (χ4v) is 3.96. The van der Waals surface area contributed by atoms with Crippen molar-refractivity contribution in [3.8, 4) is 0 Å².